The summed E-state index contributed by atoms with van der Waals surface area (Å²) in [5, 5.41) is 3.58. The number of hydrogen-bond acceptors (Lipinski definition) is 1. The molecular weight excluding hydrogens is 302 g/mol. The molecule has 0 heterocycles. The molecule has 1 atom stereocenters. The summed E-state index contributed by atoms with van der Waals surface area (Å²) >= 11 is 9.19. The summed E-state index contributed by atoms with van der Waals surface area (Å²) in [5.41, 5.74) is 0.622. The van der Waals surface area contributed by atoms with Crippen LogP contribution in [-0.4, -0.2) is 11.9 Å². The van der Waals surface area contributed by atoms with Crippen LogP contribution < -0.4 is 5.32 Å². The van der Waals surface area contributed by atoms with Crippen LogP contribution in [-0.2, 0) is 0 Å². The maximum atomic E-state index is 11.9. The topological polar surface area (TPSA) is 29.1 Å². The molecule has 1 amide bonds. The summed E-state index contributed by atoms with van der Waals surface area (Å²) in [6.45, 7) is 6.30. The van der Waals surface area contributed by atoms with E-state index in [1.54, 1.807) is 18.2 Å². The first-order chi connectivity index (χ1) is 7.90. The lowest BCUT2D eigenvalue weighted by Gasteiger charge is -2.16. The molecule has 17 heavy (non-hydrogen) atoms. The van der Waals surface area contributed by atoms with Gasteiger partial charge in [0.1, 0.15) is 0 Å². The molecule has 0 fully saturated rings. The first-order valence-corrected chi connectivity index (χ1v) is 6.83. The quantitative estimate of drug-likeness (QED) is 0.882. The lowest BCUT2D eigenvalue weighted by molar-refractivity contribution is 0.0936. The number of halogens is 2. The van der Waals surface area contributed by atoms with E-state index in [9.17, 15) is 4.79 Å². The molecular formula is C13H17BrClNO. The zero-order valence-corrected chi connectivity index (χ0v) is 12.6. The molecule has 94 valence electrons. The summed E-state index contributed by atoms with van der Waals surface area (Å²) in [7, 11) is 0. The maximum absolute atomic E-state index is 11.9. The minimum absolute atomic E-state index is 0.0597. The largest absolute Gasteiger partial charge is 0.350 e. The normalized spacial score (nSPS) is 12.6. The molecule has 1 rings (SSSR count). The van der Waals surface area contributed by atoms with Crippen LogP contribution in [0.2, 0.25) is 5.02 Å². The second-order valence-corrected chi connectivity index (χ2v) is 5.89. The smallest absolute Gasteiger partial charge is 0.251 e. The lowest BCUT2D eigenvalue weighted by Crippen LogP contribution is -2.33. The Labute approximate surface area is 116 Å². The fourth-order valence-corrected chi connectivity index (χ4v) is 2.21. The van der Waals surface area contributed by atoms with Crippen molar-refractivity contribution in [3.8, 4) is 0 Å². The van der Waals surface area contributed by atoms with E-state index in [2.05, 4.69) is 35.1 Å². The average molecular weight is 319 g/mol. The molecule has 2 nitrogen and oxygen atoms in total. The summed E-state index contributed by atoms with van der Waals surface area (Å²) in [6, 6.07) is 5.36. The van der Waals surface area contributed by atoms with Gasteiger partial charge < -0.3 is 5.32 Å². The van der Waals surface area contributed by atoms with Crippen LogP contribution in [0.25, 0.3) is 0 Å². The zero-order valence-electron chi connectivity index (χ0n) is 10.3. The molecule has 1 aromatic carbocycles. The van der Waals surface area contributed by atoms with Crippen molar-refractivity contribution in [1.29, 1.82) is 0 Å². The van der Waals surface area contributed by atoms with Crippen molar-refractivity contribution in [3.63, 3.8) is 0 Å². The fraction of sp³-hybridized carbons (Fsp3) is 0.462. The van der Waals surface area contributed by atoms with E-state index in [-0.39, 0.29) is 11.9 Å². The molecule has 1 unspecified atom stereocenters. The summed E-state index contributed by atoms with van der Waals surface area (Å²) in [5.74, 6) is 0.512. The molecule has 0 aliphatic heterocycles. The predicted molar refractivity (Wildman–Crippen MR) is 75.5 cm³/mol. The minimum Gasteiger partial charge on any atom is -0.350 e. The molecule has 0 saturated heterocycles. The second-order valence-electron chi connectivity index (χ2n) is 4.63. The van der Waals surface area contributed by atoms with Crippen molar-refractivity contribution in [3.05, 3.63) is 33.3 Å². The first kappa shape index (κ1) is 14.5. The van der Waals surface area contributed by atoms with E-state index in [4.69, 9.17) is 11.6 Å². The first-order valence-electron chi connectivity index (χ1n) is 5.66. The Bertz CT molecular complexity index is 406. The van der Waals surface area contributed by atoms with Crippen LogP contribution in [0, 0.1) is 5.92 Å². The fourth-order valence-electron chi connectivity index (χ4n) is 1.71. The van der Waals surface area contributed by atoms with Gasteiger partial charge in [-0.2, -0.15) is 0 Å². The van der Waals surface area contributed by atoms with Gasteiger partial charge in [0.2, 0.25) is 0 Å². The summed E-state index contributed by atoms with van der Waals surface area (Å²) in [6.07, 6.45) is 0.973. The SMILES string of the molecule is CC(C)CC(C)NC(=O)c1ccc(Cl)c(Br)c1. The standard InChI is InChI=1S/C13H17BrClNO/c1-8(2)6-9(3)16-13(17)10-4-5-12(15)11(14)7-10/h4-5,7-9H,6H2,1-3H3,(H,16,17). The molecule has 0 aliphatic rings. The third-order valence-corrected chi connectivity index (χ3v) is 3.60. The number of carbonyl (C=O) groups is 1. The Morgan fingerprint density at radius 2 is 2.06 bits per heavy atom. The third kappa shape index (κ3) is 4.68. The monoisotopic (exact) mass is 317 g/mol. The van der Waals surface area contributed by atoms with Gasteiger partial charge in [-0.15, -0.1) is 0 Å². The van der Waals surface area contributed by atoms with E-state index in [0.29, 0.717) is 16.5 Å². The van der Waals surface area contributed by atoms with Crippen LogP contribution in [0.1, 0.15) is 37.6 Å². The van der Waals surface area contributed by atoms with Gasteiger partial charge >= 0.3 is 0 Å². The molecule has 0 aromatic heterocycles. The van der Waals surface area contributed by atoms with E-state index in [1.807, 2.05) is 6.92 Å². The van der Waals surface area contributed by atoms with Crippen LogP contribution in [0.4, 0.5) is 0 Å². The Kier molecular flexibility index (Phi) is 5.47. The van der Waals surface area contributed by atoms with Crippen molar-refractivity contribution < 1.29 is 4.79 Å². The van der Waals surface area contributed by atoms with Gasteiger partial charge in [-0.1, -0.05) is 25.4 Å². The summed E-state index contributed by atoms with van der Waals surface area (Å²) in [4.78, 5) is 11.9. The van der Waals surface area contributed by atoms with E-state index in [1.165, 1.54) is 0 Å². The number of carbonyl (C=O) groups excluding carboxylic acids is 1. The van der Waals surface area contributed by atoms with Crippen LogP contribution in [0.5, 0.6) is 0 Å². The Balaban J connectivity index is 2.66. The van der Waals surface area contributed by atoms with Crippen molar-refractivity contribution in [1.82, 2.24) is 5.32 Å². The molecule has 0 aliphatic carbocycles. The average Bonchev–Trinajstić information content (AvgIpc) is 2.20. The van der Waals surface area contributed by atoms with Gasteiger partial charge in [-0.05, 0) is 53.4 Å². The number of nitrogens with one attached hydrogen (secondary N) is 1. The molecule has 1 N–H and O–H groups in total. The highest BCUT2D eigenvalue weighted by molar-refractivity contribution is 9.10. The van der Waals surface area contributed by atoms with Gasteiger partial charge in [0, 0.05) is 16.1 Å². The molecule has 0 radical (unpaired) electrons. The second kappa shape index (κ2) is 6.41. The number of hydrogen-bond donors (Lipinski definition) is 1. The van der Waals surface area contributed by atoms with E-state index in [0.717, 1.165) is 10.9 Å². The van der Waals surface area contributed by atoms with Crippen LogP contribution >= 0.6 is 27.5 Å². The molecule has 1 aromatic rings. The van der Waals surface area contributed by atoms with E-state index >= 15 is 0 Å². The number of amides is 1. The van der Waals surface area contributed by atoms with Gasteiger partial charge in [-0.3, -0.25) is 4.79 Å². The molecule has 0 bridgehead atoms. The molecule has 0 spiro atoms. The highest BCUT2D eigenvalue weighted by Crippen LogP contribution is 2.23. The van der Waals surface area contributed by atoms with Crippen molar-refractivity contribution in [2.75, 3.05) is 0 Å². The maximum Gasteiger partial charge on any atom is 0.251 e. The van der Waals surface area contributed by atoms with Gasteiger partial charge in [-0.25, -0.2) is 0 Å². The van der Waals surface area contributed by atoms with Crippen molar-refractivity contribution in [2.45, 2.75) is 33.2 Å². The number of benzene rings is 1. The Morgan fingerprint density at radius 1 is 1.41 bits per heavy atom. The van der Waals surface area contributed by atoms with Crippen LogP contribution in [0.15, 0.2) is 22.7 Å². The van der Waals surface area contributed by atoms with E-state index < -0.39 is 0 Å². The van der Waals surface area contributed by atoms with Crippen molar-refractivity contribution >= 4 is 33.4 Å². The lowest BCUT2D eigenvalue weighted by atomic mass is 10.0. The minimum atomic E-state index is -0.0597. The van der Waals surface area contributed by atoms with Gasteiger partial charge in [0.15, 0.2) is 0 Å². The Hall–Kier alpha value is -0.540. The van der Waals surface area contributed by atoms with Gasteiger partial charge in [0.25, 0.3) is 5.91 Å². The third-order valence-electron chi connectivity index (χ3n) is 2.38. The zero-order chi connectivity index (χ0) is 13.0. The van der Waals surface area contributed by atoms with Crippen LogP contribution in [0.3, 0.4) is 0 Å². The number of rotatable bonds is 4. The predicted octanol–water partition coefficient (Wildman–Crippen LogP) is 4.27. The van der Waals surface area contributed by atoms with Gasteiger partial charge in [0.05, 0.1) is 5.02 Å². The van der Waals surface area contributed by atoms with Crippen molar-refractivity contribution in [2.24, 2.45) is 5.92 Å². The molecule has 0 saturated carbocycles. The highest BCUT2D eigenvalue weighted by atomic mass is 79.9. The Morgan fingerprint density at radius 3 is 2.59 bits per heavy atom. The summed E-state index contributed by atoms with van der Waals surface area (Å²) < 4.78 is 0.739. The highest BCUT2D eigenvalue weighted by Gasteiger charge is 2.11. The molecule has 4 heteroatoms.